The first kappa shape index (κ1) is 20.1. The molecule has 0 radical (unpaired) electrons. The Bertz CT molecular complexity index is 923. The molecule has 0 spiro atoms. The smallest absolute Gasteiger partial charge is 0.229 e. The van der Waals surface area contributed by atoms with Crippen molar-refractivity contribution < 1.29 is 14.3 Å². The SMILES string of the molecule is CC(C)=CCC/C(C)=C/CCC1(C)C=CC2=C(O1)C(=O)c1ccccc1C2=O. The first-order valence-electron chi connectivity index (χ1n) is 9.91. The van der Waals surface area contributed by atoms with Crippen molar-refractivity contribution in [2.45, 2.75) is 59.0 Å². The van der Waals surface area contributed by atoms with Gasteiger partial charge in [-0.15, -0.1) is 0 Å². The van der Waals surface area contributed by atoms with E-state index in [-0.39, 0.29) is 17.3 Å². The molecule has 0 aromatic heterocycles. The topological polar surface area (TPSA) is 43.4 Å². The number of rotatable bonds is 6. The maximum Gasteiger partial charge on any atom is 0.229 e. The van der Waals surface area contributed by atoms with Crippen LogP contribution in [0.2, 0.25) is 0 Å². The van der Waals surface area contributed by atoms with Crippen molar-refractivity contribution in [3.8, 4) is 0 Å². The molecule has 1 atom stereocenters. The highest BCUT2D eigenvalue weighted by molar-refractivity contribution is 6.27. The van der Waals surface area contributed by atoms with Gasteiger partial charge in [0.25, 0.3) is 0 Å². The third kappa shape index (κ3) is 4.24. The number of Topliss-reactive ketones (excluding diaryl/α,β-unsaturated/α-hetero) is 2. The lowest BCUT2D eigenvalue weighted by Crippen LogP contribution is -2.34. The van der Waals surface area contributed by atoms with Crippen LogP contribution in [0.4, 0.5) is 0 Å². The standard InChI is InChI=1S/C25H28O3/c1-17(2)9-7-10-18(3)11-8-15-25(4)16-14-21-22(26)19-12-5-6-13-20(19)23(27)24(21)28-25/h5-6,9,11-14,16H,7-8,10,15H2,1-4H3/b18-11+. The molecule has 3 nitrogen and oxygen atoms in total. The van der Waals surface area contributed by atoms with Gasteiger partial charge >= 0.3 is 0 Å². The number of ketones is 2. The number of fused-ring (bicyclic) bond motifs is 1. The maximum absolute atomic E-state index is 12.9. The Morgan fingerprint density at radius 3 is 2.36 bits per heavy atom. The average molecular weight is 376 g/mol. The Labute approximate surface area is 167 Å². The minimum Gasteiger partial charge on any atom is -0.479 e. The van der Waals surface area contributed by atoms with Gasteiger partial charge < -0.3 is 4.74 Å². The Hall–Kier alpha value is -2.68. The first-order chi connectivity index (χ1) is 13.3. The predicted molar refractivity (Wildman–Crippen MR) is 112 cm³/mol. The van der Waals surface area contributed by atoms with Gasteiger partial charge in [0.05, 0.1) is 5.57 Å². The van der Waals surface area contributed by atoms with Gasteiger partial charge in [-0.2, -0.15) is 0 Å². The van der Waals surface area contributed by atoms with E-state index in [2.05, 4.69) is 32.9 Å². The third-order valence-corrected chi connectivity index (χ3v) is 5.27. The number of benzene rings is 1. The van der Waals surface area contributed by atoms with E-state index >= 15 is 0 Å². The van der Waals surface area contributed by atoms with Crippen molar-refractivity contribution in [3.05, 3.63) is 82.2 Å². The summed E-state index contributed by atoms with van der Waals surface area (Å²) in [6, 6.07) is 6.94. The van der Waals surface area contributed by atoms with E-state index in [9.17, 15) is 9.59 Å². The number of ether oxygens (including phenoxy) is 1. The highest BCUT2D eigenvalue weighted by atomic mass is 16.5. The molecule has 1 aromatic rings. The van der Waals surface area contributed by atoms with Gasteiger partial charge in [-0.05, 0) is 65.5 Å². The van der Waals surface area contributed by atoms with Crippen molar-refractivity contribution >= 4 is 11.6 Å². The monoisotopic (exact) mass is 376 g/mol. The lowest BCUT2D eigenvalue weighted by Gasteiger charge is -2.34. The van der Waals surface area contributed by atoms with Crippen molar-refractivity contribution in [2.24, 2.45) is 0 Å². The molecule has 3 rings (SSSR count). The normalized spacial score (nSPS) is 21.2. The summed E-state index contributed by atoms with van der Waals surface area (Å²) in [6.45, 7) is 8.36. The second-order valence-electron chi connectivity index (χ2n) is 8.10. The lowest BCUT2D eigenvalue weighted by atomic mass is 9.84. The quantitative estimate of drug-likeness (QED) is 0.560. The van der Waals surface area contributed by atoms with Gasteiger partial charge in [-0.1, -0.05) is 47.6 Å². The Morgan fingerprint density at radius 1 is 1.00 bits per heavy atom. The predicted octanol–water partition coefficient (Wildman–Crippen LogP) is 6.14. The van der Waals surface area contributed by atoms with E-state index < -0.39 is 5.60 Å². The molecule has 0 fully saturated rings. The fourth-order valence-corrected chi connectivity index (χ4v) is 3.58. The van der Waals surface area contributed by atoms with Crippen molar-refractivity contribution in [1.29, 1.82) is 0 Å². The van der Waals surface area contributed by atoms with Crippen LogP contribution in [-0.4, -0.2) is 17.2 Å². The Kier molecular flexibility index (Phi) is 5.83. The molecule has 0 saturated carbocycles. The second kappa shape index (κ2) is 8.14. The minimum atomic E-state index is -0.586. The summed E-state index contributed by atoms with van der Waals surface area (Å²) >= 11 is 0. The molecular weight excluding hydrogens is 348 g/mol. The van der Waals surface area contributed by atoms with Gasteiger partial charge in [-0.25, -0.2) is 0 Å². The van der Waals surface area contributed by atoms with E-state index in [1.165, 1.54) is 11.1 Å². The summed E-state index contributed by atoms with van der Waals surface area (Å²) in [5, 5.41) is 0. The van der Waals surface area contributed by atoms with E-state index in [1.807, 2.05) is 13.0 Å². The molecule has 2 aliphatic rings. The summed E-state index contributed by atoms with van der Waals surface area (Å²) in [5.74, 6) is -0.148. The van der Waals surface area contributed by atoms with Crippen LogP contribution in [0.1, 0.15) is 74.1 Å². The third-order valence-electron chi connectivity index (χ3n) is 5.27. The highest BCUT2D eigenvalue weighted by Crippen LogP contribution is 2.36. The van der Waals surface area contributed by atoms with E-state index in [0.29, 0.717) is 16.7 Å². The van der Waals surface area contributed by atoms with Gasteiger partial charge in [0.15, 0.2) is 11.5 Å². The fraction of sp³-hybridized carbons (Fsp3) is 0.360. The molecule has 0 N–H and O–H groups in total. The number of carbonyl (C=O) groups is 2. The van der Waals surface area contributed by atoms with Crippen LogP contribution >= 0.6 is 0 Å². The second-order valence-corrected chi connectivity index (χ2v) is 8.10. The number of hydrogen-bond donors (Lipinski definition) is 0. The first-order valence-corrected chi connectivity index (χ1v) is 9.91. The fourth-order valence-electron chi connectivity index (χ4n) is 3.58. The zero-order chi connectivity index (χ0) is 20.3. The molecule has 1 aliphatic heterocycles. The van der Waals surface area contributed by atoms with Gasteiger partial charge in [0.1, 0.15) is 5.60 Å². The molecular formula is C25H28O3. The minimum absolute atomic E-state index is 0.140. The molecule has 0 bridgehead atoms. The summed E-state index contributed by atoms with van der Waals surface area (Å²) < 4.78 is 6.10. The van der Waals surface area contributed by atoms with Crippen molar-refractivity contribution in [3.63, 3.8) is 0 Å². The number of hydrogen-bond acceptors (Lipinski definition) is 3. The van der Waals surface area contributed by atoms with E-state index in [0.717, 1.165) is 25.7 Å². The van der Waals surface area contributed by atoms with Gasteiger partial charge in [0, 0.05) is 11.1 Å². The number of allylic oxidation sites excluding steroid dienone is 7. The van der Waals surface area contributed by atoms with E-state index in [4.69, 9.17) is 4.74 Å². The van der Waals surface area contributed by atoms with Crippen LogP contribution in [0.5, 0.6) is 0 Å². The Morgan fingerprint density at radius 2 is 1.68 bits per heavy atom. The number of carbonyl (C=O) groups excluding carboxylic acids is 2. The molecule has 0 amide bonds. The molecule has 0 saturated heterocycles. The van der Waals surface area contributed by atoms with Crippen LogP contribution in [0.3, 0.4) is 0 Å². The van der Waals surface area contributed by atoms with Crippen LogP contribution in [0.25, 0.3) is 0 Å². The summed E-state index contributed by atoms with van der Waals surface area (Å²) in [4.78, 5) is 25.6. The van der Waals surface area contributed by atoms with Gasteiger partial charge in [-0.3, -0.25) is 9.59 Å². The van der Waals surface area contributed by atoms with Crippen LogP contribution in [0.15, 0.2) is 71.0 Å². The van der Waals surface area contributed by atoms with Crippen molar-refractivity contribution in [2.75, 3.05) is 0 Å². The molecule has 1 aliphatic carbocycles. The molecule has 1 aromatic carbocycles. The summed E-state index contributed by atoms with van der Waals surface area (Å²) in [5.41, 5.74) is 3.38. The van der Waals surface area contributed by atoms with Gasteiger partial charge in [0.2, 0.25) is 5.78 Å². The highest BCUT2D eigenvalue weighted by Gasteiger charge is 2.38. The van der Waals surface area contributed by atoms with Crippen LogP contribution in [0, 0.1) is 0 Å². The van der Waals surface area contributed by atoms with Crippen LogP contribution < -0.4 is 0 Å². The van der Waals surface area contributed by atoms with Crippen LogP contribution in [-0.2, 0) is 4.74 Å². The van der Waals surface area contributed by atoms with E-state index in [1.54, 1.807) is 30.3 Å². The molecule has 146 valence electrons. The zero-order valence-electron chi connectivity index (χ0n) is 17.2. The summed E-state index contributed by atoms with van der Waals surface area (Å²) in [7, 11) is 0. The largest absolute Gasteiger partial charge is 0.479 e. The summed E-state index contributed by atoms with van der Waals surface area (Å²) in [6.07, 6.45) is 11.9. The maximum atomic E-state index is 12.9. The zero-order valence-corrected chi connectivity index (χ0v) is 17.2. The average Bonchev–Trinajstić information content (AvgIpc) is 2.65. The molecule has 1 unspecified atom stereocenters. The lowest BCUT2D eigenvalue weighted by molar-refractivity contribution is 0.0395. The molecule has 28 heavy (non-hydrogen) atoms. The molecule has 1 heterocycles. The molecule has 3 heteroatoms. The van der Waals surface area contributed by atoms with Crippen molar-refractivity contribution in [1.82, 2.24) is 0 Å². The Balaban J connectivity index is 1.68.